The second-order valence-corrected chi connectivity index (χ2v) is 3.50. The summed E-state index contributed by atoms with van der Waals surface area (Å²) in [4.78, 5) is 10.6. The molecule has 1 fully saturated rings. The normalized spacial score (nSPS) is 40.2. The Morgan fingerprint density at radius 3 is 2.60 bits per heavy atom. The van der Waals surface area contributed by atoms with Crippen molar-refractivity contribution in [3.63, 3.8) is 0 Å². The molecule has 1 saturated carbocycles. The molecule has 0 amide bonds. The van der Waals surface area contributed by atoms with Crippen LogP contribution in [0.15, 0.2) is 12.2 Å². The third-order valence-corrected chi connectivity index (χ3v) is 2.69. The van der Waals surface area contributed by atoms with Crippen LogP contribution in [0, 0.1) is 11.3 Å². The number of rotatable bonds is 1. The monoisotopic (exact) mass is 138 g/mol. The topological polar surface area (TPSA) is 17.1 Å². The van der Waals surface area contributed by atoms with Crippen LogP contribution >= 0.6 is 0 Å². The van der Waals surface area contributed by atoms with Gasteiger partial charge in [-0.3, -0.25) is 0 Å². The first-order valence-electron chi connectivity index (χ1n) is 3.76. The van der Waals surface area contributed by atoms with Crippen molar-refractivity contribution in [1.29, 1.82) is 0 Å². The molecule has 0 aliphatic heterocycles. The molecule has 0 radical (unpaired) electrons. The van der Waals surface area contributed by atoms with E-state index in [0.29, 0.717) is 5.92 Å². The lowest BCUT2D eigenvalue weighted by molar-refractivity contribution is -0.113. The molecule has 1 heteroatoms. The summed E-state index contributed by atoms with van der Waals surface area (Å²) in [5.74, 6) is 0.537. The third kappa shape index (κ3) is 0.898. The van der Waals surface area contributed by atoms with Gasteiger partial charge in [-0.1, -0.05) is 19.1 Å². The smallest absolute Gasteiger partial charge is 0.129 e. The van der Waals surface area contributed by atoms with Crippen LogP contribution < -0.4 is 0 Å². The highest BCUT2D eigenvalue weighted by Crippen LogP contribution is 2.43. The molecular weight excluding hydrogens is 124 g/mol. The van der Waals surface area contributed by atoms with Crippen LogP contribution in [0.25, 0.3) is 0 Å². The summed E-state index contributed by atoms with van der Waals surface area (Å²) in [6.45, 7) is 8.04. The molecule has 1 aliphatic rings. The predicted molar refractivity (Wildman–Crippen MR) is 41.7 cm³/mol. The molecular formula is C9H14O. The van der Waals surface area contributed by atoms with E-state index in [1.54, 1.807) is 0 Å². The summed E-state index contributed by atoms with van der Waals surface area (Å²) in [5, 5.41) is 0. The summed E-state index contributed by atoms with van der Waals surface area (Å²) in [7, 11) is 0. The van der Waals surface area contributed by atoms with Gasteiger partial charge in [-0.2, -0.15) is 0 Å². The fraction of sp³-hybridized carbons (Fsp3) is 0.667. The van der Waals surface area contributed by atoms with Crippen molar-refractivity contribution in [2.75, 3.05) is 0 Å². The van der Waals surface area contributed by atoms with E-state index in [0.717, 1.165) is 24.7 Å². The fourth-order valence-corrected chi connectivity index (χ4v) is 1.55. The Morgan fingerprint density at radius 2 is 2.40 bits per heavy atom. The van der Waals surface area contributed by atoms with Gasteiger partial charge in [0.1, 0.15) is 6.29 Å². The molecule has 0 saturated heterocycles. The molecule has 0 bridgehead atoms. The lowest BCUT2D eigenvalue weighted by Crippen LogP contribution is -2.15. The zero-order chi connectivity index (χ0) is 7.78. The molecule has 0 unspecified atom stereocenters. The van der Waals surface area contributed by atoms with Gasteiger partial charge in [0.25, 0.3) is 0 Å². The molecule has 1 rings (SSSR count). The minimum atomic E-state index is -0.209. The summed E-state index contributed by atoms with van der Waals surface area (Å²) in [5.41, 5.74) is 0.905. The molecule has 0 aromatic rings. The lowest BCUT2D eigenvalue weighted by Gasteiger charge is -2.17. The van der Waals surface area contributed by atoms with Gasteiger partial charge in [-0.15, -0.1) is 0 Å². The molecule has 0 aromatic carbocycles. The predicted octanol–water partition coefficient (Wildman–Crippen LogP) is 2.18. The van der Waals surface area contributed by atoms with Crippen molar-refractivity contribution in [2.24, 2.45) is 11.3 Å². The largest absolute Gasteiger partial charge is 0.302 e. The van der Waals surface area contributed by atoms with Crippen LogP contribution in [0.3, 0.4) is 0 Å². The zero-order valence-corrected chi connectivity index (χ0v) is 6.68. The first kappa shape index (κ1) is 7.52. The lowest BCUT2D eigenvalue weighted by atomic mass is 9.85. The van der Waals surface area contributed by atoms with Gasteiger partial charge in [0, 0.05) is 5.41 Å². The maximum Gasteiger partial charge on any atom is 0.129 e. The number of carbonyl (C=O) groups excluding carboxylic acids is 1. The van der Waals surface area contributed by atoms with Gasteiger partial charge < -0.3 is 4.79 Å². The van der Waals surface area contributed by atoms with Crippen LogP contribution in [0.2, 0.25) is 0 Å². The van der Waals surface area contributed by atoms with Gasteiger partial charge in [0.2, 0.25) is 0 Å². The van der Waals surface area contributed by atoms with E-state index < -0.39 is 0 Å². The molecule has 56 valence electrons. The number of allylic oxidation sites excluding steroid dienone is 1. The minimum Gasteiger partial charge on any atom is -0.302 e. The Labute approximate surface area is 62.1 Å². The quantitative estimate of drug-likeness (QED) is 0.401. The van der Waals surface area contributed by atoms with Gasteiger partial charge in [-0.25, -0.2) is 0 Å². The van der Waals surface area contributed by atoms with Crippen LogP contribution in [0.4, 0.5) is 0 Å². The summed E-state index contributed by atoms with van der Waals surface area (Å²) >= 11 is 0. The number of hydrogen-bond donors (Lipinski definition) is 0. The average Bonchev–Trinajstić information content (AvgIpc) is 2.19. The Morgan fingerprint density at radius 1 is 1.80 bits per heavy atom. The first-order valence-corrected chi connectivity index (χ1v) is 3.76. The van der Waals surface area contributed by atoms with Crippen molar-refractivity contribution >= 4 is 6.29 Å². The SMILES string of the molecule is C=C1[C@@H](C)CC[C@]1(C)C=O. The summed E-state index contributed by atoms with van der Waals surface area (Å²) in [6, 6.07) is 0. The number of hydrogen-bond acceptors (Lipinski definition) is 1. The van der Waals surface area contributed by atoms with E-state index >= 15 is 0 Å². The summed E-state index contributed by atoms with van der Waals surface area (Å²) < 4.78 is 0. The van der Waals surface area contributed by atoms with Crippen molar-refractivity contribution in [1.82, 2.24) is 0 Å². The Kier molecular flexibility index (Phi) is 1.67. The van der Waals surface area contributed by atoms with E-state index in [9.17, 15) is 4.79 Å². The average molecular weight is 138 g/mol. The highest BCUT2D eigenvalue weighted by Gasteiger charge is 2.36. The van der Waals surface area contributed by atoms with E-state index in [2.05, 4.69) is 13.5 Å². The minimum absolute atomic E-state index is 0.209. The van der Waals surface area contributed by atoms with Gasteiger partial charge in [0.15, 0.2) is 0 Å². The molecule has 10 heavy (non-hydrogen) atoms. The molecule has 1 aliphatic carbocycles. The highest BCUT2D eigenvalue weighted by molar-refractivity contribution is 5.65. The Bertz CT molecular complexity index is 172. The third-order valence-electron chi connectivity index (χ3n) is 2.69. The number of carbonyl (C=O) groups is 1. The van der Waals surface area contributed by atoms with Crippen LogP contribution in [0.5, 0.6) is 0 Å². The van der Waals surface area contributed by atoms with Gasteiger partial charge in [0.05, 0.1) is 0 Å². The molecule has 0 N–H and O–H groups in total. The van der Waals surface area contributed by atoms with Crippen LogP contribution in [-0.4, -0.2) is 6.29 Å². The van der Waals surface area contributed by atoms with E-state index in [4.69, 9.17) is 0 Å². The second kappa shape index (κ2) is 2.22. The molecule has 0 heterocycles. The second-order valence-electron chi connectivity index (χ2n) is 3.50. The molecule has 0 aromatic heterocycles. The molecule has 1 nitrogen and oxygen atoms in total. The maximum atomic E-state index is 10.6. The highest BCUT2D eigenvalue weighted by atomic mass is 16.1. The van der Waals surface area contributed by atoms with Crippen molar-refractivity contribution < 1.29 is 4.79 Å². The molecule has 2 atom stereocenters. The van der Waals surface area contributed by atoms with Crippen molar-refractivity contribution in [3.8, 4) is 0 Å². The standard InChI is InChI=1S/C9H14O/c1-7-4-5-9(3,6-10)8(7)2/h6-7H,2,4-5H2,1,3H3/t7-,9+/m0/s1. The number of aldehydes is 1. The van der Waals surface area contributed by atoms with Gasteiger partial charge >= 0.3 is 0 Å². The Balaban J connectivity index is 2.83. The zero-order valence-electron chi connectivity index (χ0n) is 6.68. The maximum absolute atomic E-state index is 10.6. The van der Waals surface area contributed by atoms with Crippen molar-refractivity contribution in [2.45, 2.75) is 26.7 Å². The van der Waals surface area contributed by atoms with Crippen LogP contribution in [-0.2, 0) is 4.79 Å². The fourth-order valence-electron chi connectivity index (χ4n) is 1.55. The van der Waals surface area contributed by atoms with Gasteiger partial charge in [-0.05, 0) is 25.7 Å². The Hall–Kier alpha value is -0.590. The van der Waals surface area contributed by atoms with E-state index in [-0.39, 0.29) is 5.41 Å². The van der Waals surface area contributed by atoms with Crippen molar-refractivity contribution in [3.05, 3.63) is 12.2 Å². The molecule has 0 spiro atoms. The van der Waals surface area contributed by atoms with Crippen LogP contribution in [0.1, 0.15) is 26.7 Å². The first-order chi connectivity index (χ1) is 4.60. The van der Waals surface area contributed by atoms with E-state index in [1.165, 1.54) is 0 Å². The summed E-state index contributed by atoms with van der Waals surface area (Å²) in [6.07, 6.45) is 3.14. The van der Waals surface area contributed by atoms with E-state index in [1.807, 2.05) is 6.92 Å².